The van der Waals surface area contributed by atoms with Crippen molar-refractivity contribution in [3.63, 3.8) is 0 Å². The molecular weight excluding hydrogens is 404 g/mol. The van der Waals surface area contributed by atoms with Crippen molar-refractivity contribution in [2.24, 2.45) is 11.8 Å². The number of methoxy groups -OCH3 is 1. The van der Waals surface area contributed by atoms with Crippen molar-refractivity contribution in [3.05, 3.63) is 52.2 Å². The van der Waals surface area contributed by atoms with E-state index in [0.717, 1.165) is 51.2 Å². The van der Waals surface area contributed by atoms with Crippen molar-refractivity contribution >= 4 is 17.2 Å². The predicted octanol–water partition coefficient (Wildman–Crippen LogP) is 5.15. The summed E-state index contributed by atoms with van der Waals surface area (Å²) in [5, 5.41) is 4.49. The van der Waals surface area contributed by atoms with Crippen LogP contribution in [-0.2, 0) is 11.3 Å². The molecule has 3 atom stereocenters. The molecule has 0 unspecified atom stereocenters. The molecule has 1 aromatic heterocycles. The van der Waals surface area contributed by atoms with Gasteiger partial charge in [0.05, 0.1) is 7.11 Å². The van der Waals surface area contributed by atoms with Gasteiger partial charge in [0.1, 0.15) is 5.75 Å². The smallest absolute Gasteiger partial charge is 0.225 e. The van der Waals surface area contributed by atoms with Gasteiger partial charge in [0.2, 0.25) is 5.91 Å². The summed E-state index contributed by atoms with van der Waals surface area (Å²) in [5.41, 5.74) is 2.68. The number of carbonyl (C=O) groups is 1. The Labute approximate surface area is 190 Å². The first-order chi connectivity index (χ1) is 15.2. The molecular formula is C26H34N2O2S. The van der Waals surface area contributed by atoms with Gasteiger partial charge in [0.25, 0.3) is 0 Å². The van der Waals surface area contributed by atoms with E-state index in [1.54, 1.807) is 18.4 Å². The molecule has 1 aliphatic carbocycles. The number of piperidine rings is 1. The van der Waals surface area contributed by atoms with Gasteiger partial charge < -0.3 is 9.64 Å². The van der Waals surface area contributed by atoms with Crippen LogP contribution in [0.5, 0.6) is 5.75 Å². The van der Waals surface area contributed by atoms with Crippen LogP contribution in [0.2, 0.25) is 0 Å². The van der Waals surface area contributed by atoms with E-state index in [2.05, 4.69) is 44.8 Å². The highest BCUT2D eigenvalue weighted by Gasteiger charge is 2.48. The lowest BCUT2D eigenvalue weighted by molar-refractivity contribution is -0.138. The normalized spacial score (nSPS) is 27.3. The molecule has 1 saturated carbocycles. The number of hydrogen-bond acceptors (Lipinski definition) is 4. The fourth-order valence-electron chi connectivity index (χ4n) is 6.20. The number of carbonyl (C=O) groups excluding carboxylic acids is 1. The Morgan fingerprint density at radius 1 is 1.10 bits per heavy atom. The Morgan fingerprint density at radius 3 is 2.71 bits per heavy atom. The lowest BCUT2D eigenvalue weighted by atomic mass is 9.82. The molecule has 2 aliphatic heterocycles. The first kappa shape index (κ1) is 21.0. The summed E-state index contributed by atoms with van der Waals surface area (Å²) in [6.45, 7) is 3.92. The molecule has 2 saturated heterocycles. The zero-order valence-electron chi connectivity index (χ0n) is 18.5. The molecule has 166 valence electrons. The van der Waals surface area contributed by atoms with Gasteiger partial charge in [-0.1, -0.05) is 37.5 Å². The molecule has 1 amide bonds. The Hall–Kier alpha value is -1.85. The summed E-state index contributed by atoms with van der Waals surface area (Å²) in [5.74, 6) is 2.67. The van der Waals surface area contributed by atoms with Gasteiger partial charge in [-0.2, -0.15) is 11.3 Å². The molecule has 31 heavy (non-hydrogen) atoms. The predicted molar refractivity (Wildman–Crippen MR) is 126 cm³/mol. The summed E-state index contributed by atoms with van der Waals surface area (Å²) in [6, 6.07) is 11.0. The summed E-state index contributed by atoms with van der Waals surface area (Å²) >= 11 is 1.78. The van der Waals surface area contributed by atoms with Gasteiger partial charge in [0, 0.05) is 55.5 Å². The van der Waals surface area contributed by atoms with E-state index in [-0.39, 0.29) is 5.92 Å². The van der Waals surface area contributed by atoms with Crippen molar-refractivity contribution in [1.29, 1.82) is 0 Å². The van der Waals surface area contributed by atoms with Crippen LogP contribution in [0.4, 0.5) is 0 Å². The van der Waals surface area contributed by atoms with Crippen LogP contribution in [0.1, 0.15) is 55.6 Å². The minimum atomic E-state index is 0.266. The number of hydrogen-bond donors (Lipinski definition) is 0. The van der Waals surface area contributed by atoms with Crippen LogP contribution < -0.4 is 4.74 Å². The number of nitrogens with zero attached hydrogens (tertiary/aromatic N) is 2. The standard InChI is InChI=1S/C26H34N2O2S/c1-30-25-10-6-5-9-20(25)15-27-13-11-24-23(16-27)22(21-12-14-31-18-21)17-28(24)26(29)19-7-3-2-4-8-19/h5-6,9-10,12,14,18-19,22-24H,2-4,7-8,11,13,15-17H2,1H3/t22-,23-,24-/m1/s1. The molecule has 3 heterocycles. The monoisotopic (exact) mass is 438 g/mol. The third kappa shape index (κ3) is 4.27. The van der Waals surface area contributed by atoms with Gasteiger partial charge in [-0.25, -0.2) is 0 Å². The summed E-state index contributed by atoms with van der Waals surface area (Å²) < 4.78 is 5.59. The van der Waals surface area contributed by atoms with Crippen molar-refractivity contribution in [3.8, 4) is 5.75 Å². The number of amides is 1. The molecule has 0 N–H and O–H groups in total. The van der Waals surface area contributed by atoms with Gasteiger partial charge in [0.15, 0.2) is 0 Å². The Morgan fingerprint density at radius 2 is 1.94 bits per heavy atom. The lowest BCUT2D eigenvalue weighted by Crippen LogP contribution is -2.49. The Balaban J connectivity index is 1.35. The molecule has 5 rings (SSSR count). The zero-order chi connectivity index (χ0) is 21.2. The largest absolute Gasteiger partial charge is 0.496 e. The van der Waals surface area contributed by atoms with Crippen molar-refractivity contribution < 1.29 is 9.53 Å². The van der Waals surface area contributed by atoms with Crippen molar-refractivity contribution in [2.45, 2.75) is 57.0 Å². The van der Waals surface area contributed by atoms with Gasteiger partial charge >= 0.3 is 0 Å². The van der Waals surface area contributed by atoms with E-state index >= 15 is 0 Å². The number of ether oxygens (including phenoxy) is 1. The minimum absolute atomic E-state index is 0.266. The molecule has 1 aromatic carbocycles. The van der Waals surface area contributed by atoms with E-state index < -0.39 is 0 Å². The lowest BCUT2D eigenvalue weighted by Gasteiger charge is -2.40. The molecule has 0 radical (unpaired) electrons. The fourth-order valence-corrected chi connectivity index (χ4v) is 6.92. The second kappa shape index (κ2) is 9.33. The highest BCUT2D eigenvalue weighted by Crippen LogP contribution is 2.44. The minimum Gasteiger partial charge on any atom is -0.496 e. The van der Waals surface area contributed by atoms with E-state index in [4.69, 9.17) is 4.74 Å². The number of rotatable bonds is 5. The number of benzene rings is 1. The molecule has 5 heteroatoms. The number of para-hydroxylation sites is 1. The Kier molecular flexibility index (Phi) is 6.33. The van der Waals surface area contributed by atoms with Crippen LogP contribution in [0.15, 0.2) is 41.1 Å². The highest BCUT2D eigenvalue weighted by molar-refractivity contribution is 7.08. The maximum atomic E-state index is 13.5. The van der Waals surface area contributed by atoms with E-state index in [1.807, 2.05) is 6.07 Å². The average Bonchev–Trinajstić information content (AvgIpc) is 3.47. The first-order valence-corrected chi connectivity index (χ1v) is 12.9. The number of thiophene rings is 1. The first-order valence-electron chi connectivity index (χ1n) is 11.9. The summed E-state index contributed by atoms with van der Waals surface area (Å²) in [4.78, 5) is 18.4. The van der Waals surface area contributed by atoms with Crippen molar-refractivity contribution in [2.75, 3.05) is 26.7 Å². The maximum Gasteiger partial charge on any atom is 0.225 e. The van der Waals surface area contributed by atoms with E-state index in [9.17, 15) is 4.79 Å². The SMILES string of the molecule is COc1ccccc1CN1CC[C@@H]2[C@H](C1)[C@@H](c1ccsc1)CN2C(=O)C1CCCCC1. The van der Waals surface area contributed by atoms with Crippen LogP contribution >= 0.6 is 11.3 Å². The molecule has 0 spiro atoms. The van der Waals surface area contributed by atoms with Crippen molar-refractivity contribution in [1.82, 2.24) is 9.80 Å². The zero-order valence-corrected chi connectivity index (χ0v) is 19.4. The maximum absolute atomic E-state index is 13.5. The third-order valence-electron chi connectivity index (χ3n) is 7.81. The molecule has 3 fully saturated rings. The average molecular weight is 439 g/mol. The Bertz CT molecular complexity index is 877. The topological polar surface area (TPSA) is 32.8 Å². The highest BCUT2D eigenvalue weighted by atomic mass is 32.1. The van der Waals surface area contributed by atoms with E-state index in [1.165, 1.54) is 30.4 Å². The molecule has 3 aliphatic rings. The van der Waals surface area contributed by atoms with Gasteiger partial charge in [-0.15, -0.1) is 0 Å². The van der Waals surface area contributed by atoms with E-state index in [0.29, 0.717) is 23.8 Å². The third-order valence-corrected chi connectivity index (χ3v) is 8.51. The van der Waals surface area contributed by atoms with Crippen LogP contribution in [-0.4, -0.2) is 48.5 Å². The second-order valence-corrected chi connectivity index (χ2v) is 10.3. The summed E-state index contributed by atoms with van der Waals surface area (Å²) in [7, 11) is 1.75. The molecule has 4 nitrogen and oxygen atoms in total. The molecule has 0 bridgehead atoms. The van der Waals surface area contributed by atoms with Gasteiger partial charge in [-0.3, -0.25) is 9.69 Å². The van der Waals surface area contributed by atoms with Crippen LogP contribution in [0.25, 0.3) is 0 Å². The molecule has 2 aromatic rings. The summed E-state index contributed by atoms with van der Waals surface area (Å²) in [6.07, 6.45) is 7.01. The van der Waals surface area contributed by atoms with Gasteiger partial charge in [-0.05, 0) is 47.7 Å². The quantitative estimate of drug-likeness (QED) is 0.647. The number of likely N-dealkylation sites (tertiary alicyclic amines) is 2. The number of fused-ring (bicyclic) bond motifs is 1. The van der Waals surface area contributed by atoms with Crippen LogP contribution in [0, 0.1) is 11.8 Å². The second-order valence-electron chi connectivity index (χ2n) is 9.56. The van der Waals surface area contributed by atoms with Crippen LogP contribution in [0.3, 0.4) is 0 Å². The fraction of sp³-hybridized carbons (Fsp3) is 0.577.